The first-order valence-corrected chi connectivity index (χ1v) is 5.47. The average molecular weight is 213 g/mol. The predicted octanol–water partition coefficient (Wildman–Crippen LogP) is 0.350. The van der Waals surface area contributed by atoms with Crippen molar-refractivity contribution in [1.82, 2.24) is 10.6 Å². The average Bonchev–Trinajstić information content (AvgIpc) is 2.18. The molecule has 1 saturated carbocycles. The molecule has 15 heavy (non-hydrogen) atoms. The Morgan fingerprint density at radius 2 is 1.87 bits per heavy atom. The van der Waals surface area contributed by atoms with Gasteiger partial charge in [-0.25, -0.2) is 4.79 Å². The van der Waals surface area contributed by atoms with Crippen LogP contribution >= 0.6 is 0 Å². The third-order valence-corrected chi connectivity index (χ3v) is 2.80. The predicted molar refractivity (Wildman–Crippen MR) is 57.1 cm³/mol. The Morgan fingerprint density at radius 1 is 1.27 bits per heavy atom. The number of nitrogens with two attached hydrogens (primary N) is 1. The van der Waals surface area contributed by atoms with E-state index < -0.39 is 0 Å². The van der Waals surface area contributed by atoms with Gasteiger partial charge >= 0.3 is 6.03 Å². The van der Waals surface area contributed by atoms with Crippen LogP contribution in [0.2, 0.25) is 0 Å². The van der Waals surface area contributed by atoms with Gasteiger partial charge in [0.25, 0.3) is 0 Å². The maximum Gasteiger partial charge on any atom is 0.314 e. The second-order valence-corrected chi connectivity index (χ2v) is 3.95. The Kier molecular flexibility index (Phi) is 4.39. The largest absolute Gasteiger partial charge is 0.369 e. The number of urea groups is 1. The van der Waals surface area contributed by atoms with Gasteiger partial charge in [-0.3, -0.25) is 4.79 Å². The van der Waals surface area contributed by atoms with Gasteiger partial charge in [0.1, 0.15) is 0 Å². The van der Waals surface area contributed by atoms with Crippen LogP contribution in [0.25, 0.3) is 0 Å². The van der Waals surface area contributed by atoms with E-state index in [2.05, 4.69) is 10.6 Å². The number of amides is 3. The van der Waals surface area contributed by atoms with Gasteiger partial charge in [0, 0.05) is 18.5 Å². The van der Waals surface area contributed by atoms with Gasteiger partial charge in [-0.05, 0) is 32.6 Å². The van der Waals surface area contributed by atoms with Gasteiger partial charge in [0.2, 0.25) is 5.91 Å². The summed E-state index contributed by atoms with van der Waals surface area (Å²) in [5.41, 5.74) is 5.22. The van der Waals surface area contributed by atoms with E-state index in [-0.39, 0.29) is 23.9 Å². The zero-order valence-corrected chi connectivity index (χ0v) is 9.08. The molecule has 0 unspecified atom stereocenters. The van der Waals surface area contributed by atoms with Gasteiger partial charge in [-0.2, -0.15) is 0 Å². The van der Waals surface area contributed by atoms with E-state index in [4.69, 9.17) is 5.73 Å². The molecule has 1 aliphatic rings. The Balaban J connectivity index is 2.25. The smallest absolute Gasteiger partial charge is 0.314 e. The maximum absolute atomic E-state index is 11.2. The van der Waals surface area contributed by atoms with Crippen LogP contribution in [0.15, 0.2) is 0 Å². The molecule has 4 N–H and O–H groups in total. The molecular weight excluding hydrogens is 194 g/mol. The van der Waals surface area contributed by atoms with Crippen LogP contribution in [-0.2, 0) is 4.79 Å². The number of nitrogens with one attached hydrogen (secondary N) is 2. The molecule has 0 bridgehead atoms. The fourth-order valence-electron chi connectivity index (χ4n) is 1.92. The van der Waals surface area contributed by atoms with E-state index >= 15 is 0 Å². The van der Waals surface area contributed by atoms with Crippen molar-refractivity contribution >= 4 is 11.9 Å². The van der Waals surface area contributed by atoms with Crippen molar-refractivity contribution in [2.75, 3.05) is 6.54 Å². The Hall–Kier alpha value is -1.26. The lowest BCUT2D eigenvalue weighted by molar-refractivity contribution is -0.122. The summed E-state index contributed by atoms with van der Waals surface area (Å²) >= 11 is 0. The highest BCUT2D eigenvalue weighted by Crippen LogP contribution is 2.23. The lowest BCUT2D eigenvalue weighted by Crippen LogP contribution is -2.44. The minimum absolute atomic E-state index is 0.00251. The summed E-state index contributed by atoms with van der Waals surface area (Å²) in [4.78, 5) is 22.1. The number of rotatable bonds is 3. The van der Waals surface area contributed by atoms with E-state index in [0.717, 1.165) is 25.7 Å². The van der Waals surface area contributed by atoms with Crippen LogP contribution in [0.1, 0.15) is 32.6 Å². The van der Waals surface area contributed by atoms with Crippen LogP contribution in [0, 0.1) is 5.92 Å². The molecular formula is C10H19N3O2. The lowest BCUT2D eigenvalue weighted by atomic mass is 9.86. The molecule has 0 saturated heterocycles. The van der Waals surface area contributed by atoms with Crippen molar-refractivity contribution in [3.63, 3.8) is 0 Å². The highest BCUT2D eigenvalue weighted by atomic mass is 16.2. The lowest BCUT2D eigenvalue weighted by Gasteiger charge is -2.27. The number of hydrogen-bond acceptors (Lipinski definition) is 2. The summed E-state index contributed by atoms with van der Waals surface area (Å²) in [7, 11) is 0. The first-order chi connectivity index (χ1) is 7.13. The standard InChI is InChI=1S/C10H19N3O2/c1-2-12-10(15)13-8-5-3-7(4-6-8)9(11)14/h7-8H,2-6H2,1H3,(H2,11,14)(H2,12,13,15). The van der Waals surface area contributed by atoms with Crippen LogP contribution in [-0.4, -0.2) is 24.5 Å². The summed E-state index contributed by atoms with van der Waals surface area (Å²) in [6, 6.07) is 0.0622. The second kappa shape index (κ2) is 5.58. The molecule has 0 aromatic heterocycles. The minimum atomic E-state index is -0.216. The summed E-state index contributed by atoms with van der Waals surface area (Å²) in [5.74, 6) is -0.219. The van der Waals surface area contributed by atoms with Crippen LogP contribution < -0.4 is 16.4 Å². The number of primary amides is 1. The Labute approximate surface area is 89.8 Å². The van der Waals surface area contributed by atoms with Crippen LogP contribution in [0.3, 0.4) is 0 Å². The highest BCUT2D eigenvalue weighted by molar-refractivity contribution is 5.77. The van der Waals surface area contributed by atoms with Crippen molar-refractivity contribution in [2.24, 2.45) is 11.7 Å². The zero-order chi connectivity index (χ0) is 11.3. The summed E-state index contributed by atoms with van der Waals surface area (Å²) in [5, 5.41) is 5.56. The molecule has 0 spiro atoms. The van der Waals surface area contributed by atoms with E-state index in [9.17, 15) is 9.59 Å². The molecule has 1 aliphatic carbocycles. The fourth-order valence-corrected chi connectivity index (χ4v) is 1.92. The topological polar surface area (TPSA) is 84.2 Å². The van der Waals surface area contributed by atoms with Crippen molar-refractivity contribution in [3.05, 3.63) is 0 Å². The van der Waals surface area contributed by atoms with E-state index in [1.165, 1.54) is 0 Å². The van der Waals surface area contributed by atoms with E-state index in [1.807, 2.05) is 6.92 Å². The minimum Gasteiger partial charge on any atom is -0.369 e. The number of carbonyl (C=O) groups excluding carboxylic acids is 2. The molecule has 5 nitrogen and oxygen atoms in total. The van der Waals surface area contributed by atoms with Gasteiger partial charge in [0.05, 0.1) is 0 Å². The van der Waals surface area contributed by atoms with Crippen molar-refractivity contribution in [1.29, 1.82) is 0 Å². The quantitative estimate of drug-likeness (QED) is 0.632. The Bertz CT molecular complexity index is 235. The van der Waals surface area contributed by atoms with E-state index in [0.29, 0.717) is 6.54 Å². The molecule has 1 rings (SSSR count). The third kappa shape index (κ3) is 3.77. The fraction of sp³-hybridized carbons (Fsp3) is 0.800. The van der Waals surface area contributed by atoms with Gasteiger partial charge < -0.3 is 16.4 Å². The van der Waals surface area contributed by atoms with Gasteiger partial charge in [-0.15, -0.1) is 0 Å². The van der Waals surface area contributed by atoms with Gasteiger partial charge in [0.15, 0.2) is 0 Å². The maximum atomic E-state index is 11.2. The molecule has 0 aromatic carbocycles. The number of carbonyl (C=O) groups is 2. The van der Waals surface area contributed by atoms with Crippen molar-refractivity contribution in [3.8, 4) is 0 Å². The first kappa shape index (κ1) is 11.8. The molecule has 5 heteroatoms. The van der Waals surface area contributed by atoms with Crippen molar-refractivity contribution in [2.45, 2.75) is 38.6 Å². The van der Waals surface area contributed by atoms with E-state index in [1.54, 1.807) is 0 Å². The molecule has 1 fully saturated rings. The highest BCUT2D eigenvalue weighted by Gasteiger charge is 2.25. The normalized spacial score (nSPS) is 25.7. The van der Waals surface area contributed by atoms with Crippen molar-refractivity contribution < 1.29 is 9.59 Å². The van der Waals surface area contributed by atoms with Gasteiger partial charge in [-0.1, -0.05) is 0 Å². The Morgan fingerprint density at radius 3 is 2.33 bits per heavy atom. The monoisotopic (exact) mass is 213 g/mol. The summed E-state index contributed by atoms with van der Waals surface area (Å²) in [6.45, 7) is 2.51. The molecule has 86 valence electrons. The molecule has 0 radical (unpaired) electrons. The zero-order valence-electron chi connectivity index (χ0n) is 9.08. The van der Waals surface area contributed by atoms with Crippen LogP contribution in [0.5, 0.6) is 0 Å². The molecule has 0 heterocycles. The first-order valence-electron chi connectivity index (χ1n) is 5.47. The molecule has 0 aromatic rings. The third-order valence-electron chi connectivity index (χ3n) is 2.80. The second-order valence-electron chi connectivity index (χ2n) is 3.95. The summed E-state index contributed by atoms with van der Waals surface area (Å²) < 4.78 is 0. The number of hydrogen-bond donors (Lipinski definition) is 3. The summed E-state index contributed by atoms with van der Waals surface area (Å²) in [6.07, 6.45) is 3.24. The van der Waals surface area contributed by atoms with Crippen LogP contribution in [0.4, 0.5) is 4.79 Å². The molecule has 0 aliphatic heterocycles. The molecule has 3 amide bonds. The molecule has 0 atom stereocenters. The SMILES string of the molecule is CCNC(=O)NC1CCC(C(N)=O)CC1.